The Morgan fingerprint density at radius 2 is 1.76 bits per heavy atom. The molecule has 0 bridgehead atoms. The van der Waals surface area contributed by atoms with E-state index in [1.54, 1.807) is 6.26 Å². The van der Waals surface area contributed by atoms with Crippen LogP contribution in [-0.4, -0.2) is 10.1 Å². The van der Waals surface area contributed by atoms with Crippen LogP contribution in [0.15, 0.2) is 59.2 Å². The normalized spacial score (nSPS) is 13.0. The van der Waals surface area contributed by atoms with E-state index in [4.69, 9.17) is 4.42 Å². The molecule has 4 rings (SSSR count). The zero-order chi connectivity index (χ0) is 14.4. The first-order valence-corrected chi connectivity index (χ1v) is 6.96. The summed E-state index contributed by atoms with van der Waals surface area (Å²) >= 11 is 0. The van der Waals surface area contributed by atoms with Gasteiger partial charge in [0.25, 0.3) is 0 Å². The number of furan rings is 1. The first-order chi connectivity index (χ1) is 10.2. The molecule has 0 amide bonds. The van der Waals surface area contributed by atoms with Crippen LogP contribution < -0.4 is 0 Å². The van der Waals surface area contributed by atoms with E-state index in [-0.39, 0.29) is 0 Å². The van der Waals surface area contributed by atoms with Crippen LogP contribution in [0.5, 0.6) is 0 Å². The zero-order valence-corrected chi connectivity index (χ0v) is 11.6. The van der Waals surface area contributed by atoms with E-state index >= 15 is 0 Å². The number of aliphatic hydroxyl groups excluding tert-OH is 1. The fourth-order valence-electron chi connectivity index (χ4n) is 2.84. The predicted octanol–water partition coefficient (Wildman–Crippen LogP) is 4.30. The van der Waals surface area contributed by atoms with Gasteiger partial charge in [0, 0.05) is 27.4 Å². The van der Waals surface area contributed by atoms with Crippen molar-refractivity contribution in [1.82, 2.24) is 4.98 Å². The van der Waals surface area contributed by atoms with Gasteiger partial charge in [0.1, 0.15) is 11.9 Å². The summed E-state index contributed by atoms with van der Waals surface area (Å²) in [4.78, 5) is 3.39. The van der Waals surface area contributed by atoms with Gasteiger partial charge in [-0.3, -0.25) is 0 Å². The average molecular weight is 277 g/mol. The van der Waals surface area contributed by atoms with E-state index < -0.39 is 6.10 Å². The van der Waals surface area contributed by atoms with Crippen molar-refractivity contribution >= 4 is 21.8 Å². The molecule has 0 saturated carbocycles. The standard InChI is InChI=1S/C18H15NO2/c1-11-8-13(10-21-11)18(20)12-6-7-17-15(9-12)14-4-2-3-5-16(14)19-17/h2-10,18-20H,1H3. The number of aromatic nitrogens is 1. The predicted molar refractivity (Wildman–Crippen MR) is 83.3 cm³/mol. The number of hydrogen-bond acceptors (Lipinski definition) is 2. The van der Waals surface area contributed by atoms with Crippen molar-refractivity contribution in [3.63, 3.8) is 0 Å². The van der Waals surface area contributed by atoms with Gasteiger partial charge >= 0.3 is 0 Å². The van der Waals surface area contributed by atoms with Crippen molar-refractivity contribution in [2.45, 2.75) is 13.0 Å². The second-order valence-corrected chi connectivity index (χ2v) is 5.37. The van der Waals surface area contributed by atoms with Gasteiger partial charge in [-0.1, -0.05) is 24.3 Å². The highest BCUT2D eigenvalue weighted by atomic mass is 16.3. The summed E-state index contributed by atoms with van der Waals surface area (Å²) in [6, 6.07) is 16.1. The molecule has 1 atom stereocenters. The van der Waals surface area contributed by atoms with Gasteiger partial charge < -0.3 is 14.5 Å². The molecule has 0 saturated heterocycles. The molecule has 1 unspecified atom stereocenters. The summed E-state index contributed by atoms with van der Waals surface area (Å²) in [5.41, 5.74) is 3.84. The van der Waals surface area contributed by atoms with E-state index in [1.165, 1.54) is 5.39 Å². The Balaban J connectivity index is 1.88. The first kappa shape index (κ1) is 12.2. The van der Waals surface area contributed by atoms with Gasteiger partial charge in [-0.05, 0) is 36.8 Å². The molecule has 0 fully saturated rings. The minimum absolute atomic E-state index is 0.666. The number of nitrogens with one attached hydrogen (secondary N) is 1. The molecule has 104 valence electrons. The molecule has 2 N–H and O–H groups in total. The molecule has 3 heteroatoms. The Labute approximate surface area is 121 Å². The number of aliphatic hydroxyl groups is 1. The molecule has 21 heavy (non-hydrogen) atoms. The van der Waals surface area contributed by atoms with Gasteiger partial charge in [0.15, 0.2) is 0 Å². The molecule has 2 aromatic heterocycles. The summed E-state index contributed by atoms with van der Waals surface area (Å²) in [6.07, 6.45) is 0.944. The van der Waals surface area contributed by atoms with Crippen molar-refractivity contribution in [1.29, 1.82) is 0 Å². The lowest BCUT2D eigenvalue weighted by Crippen LogP contribution is -1.97. The molecule has 3 nitrogen and oxygen atoms in total. The highest BCUT2D eigenvalue weighted by Crippen LogP contribution is 2.30. The zero-order valence-electron chi connectivity index (χ0n) is 11.6. The molecule has 2 aromatic carbocycles. The summed E-state index contributed by atoms with van der Waals surface area (Å²) in [5.74, 6) is 0.803. The molecular weight excluding hydrogens is 262 g/mol. The van der Waals surface area contributed by atoms with Crippen molar-refractivity contribution in [3.05, 3.63) is 71.7 Å². The number of benzene rings is 2. The lowest BCUT2D eigenvalue weighted by atomic mass is 10.0. The Morgan fingerprint density at radius 3 is 2.57 bits per heavy atom. The summed E-state index contributed by atoms with van der Waals surface area (Å²) < 4.78 is 5.28. The van der Waals surface area contributed by atoms with Crippen LogP contribution in [0.25, 0.3) is 21.8 Å². The number of rotatable bonds is 2. The van der Waals surface area contributed by atoms with E-state index in [0.717, 1.165) is 33.3 Å². The van der Waals surface area contributed by atoms with Gasteiger partial charge in [-0.25, -0.2) is 0 Å². The Morgan fingerprint density at radius 1 is 0.952 bits per heavy atom. The maximum atomic E-state index is 10.5. The highest BCUT2D eigenvalue weighted by molar-refractivity contribution is 6.07. The third-order valence-corrected chi connectivity index (χ3v) is 3.91. The smallest absolute Gasteiger partial charge is 0.107 e. The lowest BCUT2D eigenvalue weighted by molar-refractivity contribution is 0.219. The maximum Gasteiger partial charge on any atom is 0.107 e. The van der Waals surface area contributed by atoms with Gasteiger partial charge in [-0.15, -0.1) is 0 Å². The Bertz CT molecular complexity index is 933. The largest absolute Gasteiger partial charge is 0.469 e. The number of fused-ring (bicyclic) bond motifs is 3. The molecular formula is C18H15NO2. The van der Waals surface area contributed by atoms with Crippen molar-refractivity contribution in [2.24, 2.45) is 0 Å². The summed E-state index contributed by atoms with van der Waals surface area (Å²) in [7, 11) is 0. The third-order valence-electron chi connectivity index (χ3n) is 3.91. The topological polar surface area (TPSA) is 49.2 Å². The minimum Gasteiger partial charge on any atom is -0.469 e. The molecule has 0 aliphatic heterocycles. The molecule has 0 aliphatic rings. The fourth-order valence-corrected chi connectivity index (χ4v) is 2.84. The number of aryl methyl sites for hydroxylation is 1. The second kappa shape index (κ2) is 4.50. The van der Waals surface area contributed by atoms with E-state index in [0.29, 0.717) is 0 Å². The van der Waals surface area contributed by atoms with Crippen molar-refractivity contribution in [2.75, 3.05) is 0 Å². The fraction of sp³-hybridized carbons (Fsp3) is 0.111. The number of hydrogen-bond donors (Lipinski definition) is 2. The molecule has 0 spiro atoms. The molecule has 2 heterocycles. The van der Waals surface area contributed by atoms with Crippen molar-refractivity contribution in [3.8, 4) is 0 Å². The quantitative estimate of drug-likeness (QED) is 0.573. The maximum absolute atomic E-state index is 10.5. The van der Waals surface area contributed by atoms with Crippen LogP contribution in [0, 0.1) is 6.92 Å². The number of aromatic amines is 1. The van der Waals surface area contributed by atoms with Crippen LogP contribution >= 0.6 is 0 Å². The van der Waals surface area contributed by atoms with E-state index in [1.807, 2.05) is 43.3 Å². The van der Waals surface area contributed by atoms with Crippen LogP contribution in [0.1, 0.15) is 23.0 Å². The van der Waals surface area contributed by atoms with Crippen LogP contribution in [-0.2, 0) is 0 Å². The minimum atomic E-state index is -0.666. The van der Waals surface area contributed by atoms with Crippen LogP contribution in [0.2, 0.25) is 0 Å². The monoisotopic (exact) mass is 277 g/mol. The summed E-state index contributed by atoms with van der Waals surface area (Å²) in [6.45, 7) is 1.87. The number of para-hydroxylation sites is 1. The molecule has 0 radical (unpaired) electrons. The van der Waals surface area contributed by atoms with Gasteiger partial charge in [0.05, 0.1) is 6.26 Å². The second-order valence-electron chi connectivity index (χ2n) is 5.37. The van der Waals surface area contributed by atoms with Crippen LogP contribution in [0.3, 0.4) is 0 Å². The van der Waals surface area contributed by atoms with Gasteiger partial charge in [0.2, 0.25) is 0 Å². The molecule has 0 aliphatic carbocycles. The Hall–Kier alpha value is -2.52. The average Bonchev–Trinajstić information content (AvgIpc) is 3.09. The van der Waals surface area contributed by atoms with E-state index in [2.05, 4.69) is 17.1 Å². The lowest BCUT2D eigenvalue weighted by Gasteiger charge is -2.08. The molecule has 4 aromatic rings. The van der Waals surface area contributed by atoms with E-state index in [9.17, 15) is 5.11 Å². The SMILES string of the molecule is Cc1cc(C(O)c2ccc3[nH]c4ccccc4c3c2)co1. The van der Waals surface area contributed by atoms with Crippen molar-refractivity contribution < 1.29 is 9.52 Å². The Kier molecular flexibility index (Phi) is 2.62. The summed E-state index contributed by atoms with van der Waals surface area (Å²) in [5, 5.41) is 12.8. The van der Waals surface area contributed by atoms with Crippen LogP contribution in [0.4, 0.5) is 0 Å². The number of H-pyrrole nitrogens is 1. The third kappa shape index (κ3) is 1.94. The first-order valence-electron chi connectivity index (χ1n) is 6.96. The highest BCUT2D eigenvalue weighted by Gasteiger charge is 2.14. The van der Waals surface area contributed by atoms with Gasteiger partial charge in [-0.2, -0.15) is 0 Å².